The lowest BCUT2D eigenvalue weighted by molar-refractivity contribution is -0.141. The van der Waals surface area contributed by atoms with Crippen LogP contribution in [-0.4, -0.2) is 132 Å². The van der Waals surface area contributed by atoms with Crippen molar-refractivity contribution in [3.8, 4) is 5.75 Å². The Bertz CT molecular complexity index is 3110. The van der Waals surface area contributed by atoms with E-state index in [2.05, 4.69) is 57.7 Å². The summed E-state index contributed by atoms with van der Waals surface area (Å²) >= 11 is 0. The highest BCUT2D eigenvalue weighted by atomic mass is 16.3. The molecule has 2 aromatic carbocycles. The Hall–Kier alpha value is -8.58. The van der Waals surface area contributed by atoms with Crippen molar-refractivity contribution in [1.29, 1.82) is 0 Å². The summed E-state index contributed by atoms with van der Waals surface area (Å²) in [5.41, 5.74) is 16.4. The number of phenols is 1. The van der Waals surface area contributed by atoms with E-state index in [1.807, 2.05) is 18.2 Å². The summed E-state index contributed by atoms with van der Waals surface area (Å²) in [6.45, 7) is 11.0. The number of amides is 8. The summed E-state index contributed by atoms with van der Waals surface area (Å²) in [5, 5.41) is 27.1. The zero-order valence-electron chi connectivity index (χ0n) is 51.5. The third-order valence-electron chi connectivity index (χ3n) is 15.7. The molecule has 2 aromatic heterocycles. The number of H-pyrrole nitrogens is 2. The molecular weight excluding hydrogens is 1130 g/mol. The molecule has 0 fully saturated rings. The van der Waals surface area contributed by atoms with E-state index in [9.17, 15) is 57.8 Å². The number of carbonyl (C=O) groups is 11. The number of hydrogen-bond acceptors (Lipinski definition) is 15. The molecule has 25 nitrogen and oxygen atoms in total. The predicted molar refractivity (Wildman–Crippen MR) is 329 cm³/mol. The summed E-state index contributed by atoms with van der Waals surface area (Å²) in [7, 11) is 0. The van der Waals surface area contributed by atoms with Gasteiger partial charge in [-0.1, -0.05) is 82.5 Å². The third kappa shape index (κ3) is 21.7. The smallest absolute Gasteiger partial charge is 0.243 e. The van der Waals surface area contributed by atoms with Crippen LogP contribution in [0.15, 0.2) is 79.4 Å². The maximum absolute atomic E-state index is 15.0. The maximum Gasteiger partial charge on any atom is 0.243 e. The van der Waals surface area contributed by atoms with Crippen molar-refractivity contribution in [2.24, 2.45) is 22.8 Å². The number of fused-ring (bicyclic) bond motifs is 1. The van der Waals surface area contributed by atoms with Gasteiger partial charge in [0.05, 0.1) is 23.8 Å². The fourth-order valence-corrected chi connectivity index (χ4v) is 10.5. The number of rotatable bonds is 16. The lowest BCUT2D eigenvalue weighted by Crippen LogP contribution is -2.65. The highest BCUT2D eigenvalue weighted by Gasteiger charge is 2.40. The maximum atomic E-state index is 15.0. The Kier molecular flexibility index (Phi) is 26.7. The zero-order valence-corrected chi connectivity index (χ0v) is 51.5. The van der Waals surface area contributed by atoms with E-state index in [1.54, 1.807) is 64.2 Å². The van der Waals surface area contributed by atoms with Crippen molar-refractivity contribution in [2.75, 3.05) is 0 Å². The summed E-state index contributed by atoms with van der Waals surface area (Å²) in [5.74, 6) is -8.95. The van der Waals surface area contributed by atoms with Crippen molar-refractivity contribution < 1.29 is 57.8 Å². The standard InChI is InChI=1S/C63H89N13O12/c1-37(2)29-48-54(81)53(80)47(25-26-52(64)79)71-56(83)40(5)69-57(84)50(31-42-34-67-46-20-16-15-19-45(42)46)73-58(85)49(30-41-21-23-44(78)24-22-41)72-59(86)51(32-43-35-66-36-68-43)74-60(87)62(6,33-38(3)77)27-17-13-11-9-8-10-12-14-18-28-63(7,76-75-48)61(88)70-39(4)55(65)82/h10,12,15-16,19-24,34-37,39-40,47-51,67,75-76,78H,8-9,11,13-14,17-18,25-33H2,1-7H3,(H2,64,79)(H2,65,82)(H,66,68)(H,69,84)(H,70,88)(H,71,83)(H,72,86)(H,73,85)(H,74,87)/b12-10+/t39?,40?,47-,48-,49-,50-,51-,62-,63-/m0/s1. The molecule has 1 aliphatic heterocycles. The first-order chi connectivity index (χ1) is 41.7. The lowest BCUT2D eigenvalue weighted by atomic mass is 9.79. The van der Waals surface area contributed by atoms with Crippen molar-refractivity contribution >= 4 is 75.5 Å². The number of hydrogen-bond donors (Lipinski definition) is 13. The first-order valence-electron chi connectivity index (χ1n) is 30.1. The molecule has 3 heterocycles. The van der Waals surface area contributed by atoms with Gasteiger partial charge in [0.15, 0.2) is 0 Å². The van der Waals surface area contributed by atoms with Crippen molar-refractivity contribution in [3.63, 3.8) is 0 Å². The van der Waals surface area contributed by atoms with Gasteiger partial charge in [0.2, 0.25) is 58.8 Å². The SMILES string of the molecule is CC(=O)C[C@]1(C)CCCCCC/C=C/CCC[C@@](C)(C(=O)NC(C)C(N)=O)NN[C@@H](CC(C)C)C(=O)C(=O)[C@H](CCC(N)=O)NC(=O)C(C)NC(=O)[C@H](Cc2c[nH]c3ccccc23)NC(=O)[C@H](Cc2ccc(O)cc2)NC(=O)[C@H](Cc2cnc[nH]2)NC1=O. The molecule has 0 spiro atoms. The van der Waals surface area contributed by atoms with E-state index >= 15 is 0 Å². The molecule has 0 saturated heterocycles. The van der Waals surface area contributed by atoms with Crippen LogP contribution in [0.4, 0.5) is 0 Å². The number of primary amides is 2. The van der Waals surface area contributed by atoms with Gasteiger partial charge in [0.1, 0.15) is 47.3 Å². The second-order valence-electron chi connectivity index (χ2n) is 24.0. The van der Waals surface area contributed by atoms with Crippen LogP contribution in [0.25, 0.3) is 10.9 Å². The number of carbonyl (C=O) groups excluding carboxylic acids is 11. The molecule has 478 valence electrons. The molecule has 15 N–H and O–H groups in total. The van der Waals surface area contributed by atoms with Crippen LogP contribution < -0.4 is 54.2 Å². The number of benzene rings is 2. The average Bonchev–Trinajstić information content (AvgIpc) is 2.89. The molecule has 88 heavy (non-hydrogen) atoms. The van der Waals surface area contributed by atoms with Gasteiger partial charge in [0, 0.05) is 61.1 Å². The van der Waals surface area contributed by atoms with Crippen LogP contribution in [0.2, 0.25) is 0 Å². The summed E-state index contributed by atoms with van der Waals surface area (Å²) < 4.78 is 0. The number of nitrogens with one attached hydrogen (secondary N) is 10. The molecule has 0 saturated carbocycles. The van der Waals surface area contributed by atoms with E-state index in [0.717, 1.165) is 25.7 Å². The van der Waals surface area contributed by atoms with Gasteiger partial charge >= 0.3 is 0 Å². The third-order valence-corrected chi connectivity index (χ3v) is 15.7. The van der Waals surface area contributed by atoms with Crippen LogP contribution in [0.1, 0.15) is 149 Å². The minimum absolute atomic E-state index is 0.0557. The second kappa shape index (κ2) is 33.5. The molecule has 5 rings (SSSR count). The number of phenolic OH excluding ortho intramolecular Hbond substituents is 1. The molecule has 1 aliphatic rings. The summed E-state index contributed by atoms with van der Waals surface area (Å²) in [6, 6.07) is 3.37. The van der Waals surface area contributed by atoms with Crippen LogP contribution >= 0.6 is 0 Å². The van der Waals surface area contributed by atoms with Crippen LogP contribution in [-0.2, 0) is 72.0 Å². The van der Waals surface area contributed by atoms with Gasteiger partial charge in [-0.15, -0.1) is 0 Å². The molecule has 9 atom stereocenters. The van der Waals surface area contributed by atoms with E-state index in [1.165, 1.54) is 45.4 Å². The molecule has 8 amide bonds. The van der Waals surface area contributed by atoms with E-state index < -0.39 is 125 Å². The number of nitrogens with two attached hydrogens (primary N) is 2. The number of Topliss-reactive ketones (excluding diaryl/α,β-unsaturated/α-hetero) is 3. The Labute approximate surface area is 513 Å². The highest BCUT2D eigenvalue weighted by molar-refractivity contribution is 6.41. The number of allylic oxidation sites excluding steroid dienone is 2. The minimum atomic E-state index is -1.64. The van der Waals surface area contributed by atoms with Gasteiger partial charge in [0.25, 0.3) is 0 Å². The molecule has 25 heteroatoms. The van der Waals surface area contributed by atoms with Gasteiger partial charge in [-0.3, -0.25) is 52.7 Å². The number of hydrazine groups is 1. The largest absolute Gasteiger partial charge is 0.508 e. The number of imidazole rings is 1. The second-order valence-corrected chi connectivity index (χ2v) is 24.0. The monoisotopic (exact) mass is 1220 g/mol. The number of ketones is 3. The molecule has 0 bridgehead atoms. The Morgan fingerprint density at radius 2 is 1.32 bits per heavy atom. The lowest BCUT2D eigenvalue weighted by Gasteiger charge is -2.33. The zero-order chi connectivity index (χ0) is 64.7. The fourth-order valence-electron chi connectivity index (χ4n) is 10.5. The number of aromatic nitrogens is 3. The summed E-state index contributed by atoms with van der Waals surface area (Å²) in [4.78, 5) is 163. The first kappa shape index (κ1) is 70.2. The van der Waals surface area contributed by atoms with Crippen molar-refractivity contribution in [1.82, 2.24) is 57.7 Å². The number of aromatic amines is 2. The van der Waals surface area contributed by atoms with Crippen LogP contribution in [0.3, 0.4) is 0 Å². The first-order valence-corrected chi connectivity index (χ1v) is 30.1. The molecule has 4 aromatic rings. The number of para-hydroxylation sites is 1. The van der Waals surface area contributed by atoms with Gasteiger partial charge in [-0.05, 0) is 114 Å². The number of nitrogens with zero attached hydrogens (tertiary/aromatic N) is 1. The molecule has 2 unspecified atom stereocenters. The van der Waals surface area contributed by atoms with Gasteiger partial charge < -0.3 is 58.4 Å². The quantitative estimate of drug-likeness (QED) is 0.0567. The Morgan fingerprint density at radius 1 is 0.705 bits per heavy atom. The van der Waals surface area contributed by atoms with Crippen LogP contribution in [0.5, 0.6) is 5.75 Å². The predicted octanol–water partition coefficient (Wildman–Crippen LogP) is 2.80. The average molecular weight is 1220 g/mol. The Morgan fingerprint density at radius 3 is 1.95 bits per heavy atom. The van der Waals surface area contributed by atoms with Gasteiger partial charge in [-0.25, -0.2) is 15.8 Å². The summed E-state index contributed by atoms with van der Waals surface area (Å²) in [6.07, 6.45) is 12.3. The van der Waals surface area contributed by atoms with E-state index in [-0.39, 0.29) is 56.0 Å². The molecular formula is C63H89N13O12. The van der Waals surface area contributed by atoms with Gasteiger partial charge in [-0.2, -0.15) is 0 Å². The van der Waals surface area contributed by atoms with Crippen molar-refractivity contribution in [2.45, 2.75) is 199 Å². The van der Waals surface area contributed by atoms with Crippen molar-refractivity contribution in [3.05, 3.63) is 96.2 Å². The normalized spacial score (nSPS) is 25.1. The topological polar surface area (TPSA) is 401 Å². The van der Waals surface area contributed by atoms with Crippen LogP contribution in [0, 0.1) is 11.3 Å². The van der Waals surface area contributed by atoms with E-state index in [4.69, 9.17) is 11.5 Å². The molecule has 0 aliphatic carbocycles. The molecule has 0 radical (unpaired) electrons. The fraction of sp³-hybridized carbons (Fsp3) is 0.524. The Balaban J connectivity index is 1.55. The van der Waals surface area contributed by atoms with E-state index in [0.29, 0.717) is 53.4 Å². The highest BCUT2D eigenvalue weighted by Crippen LogP contribution is 2.31. The number of aromatic hydroxyl groups is 1. The minimum Gasteiger partial charge on any atom is -0.508 e.